The minimum absolute atomic E-state index is 0.585. The van der Waals surface area contributed by atoms with E-state index in [0.29, 0.717) is 6.04 Å². The van der Waals surface area contributed by atoms with Crippen LogP contribution in [0.25, 0.3) is 11.3 Å². The van der Waals surface area contributed by atoms with Crippen LogP contribution in [0.2, 0.25) is 0 Å². The molecule has 0 aliphatic heterocycles. The quantitative estimate of drug-likeness (QED) is 0.825. The molecule has 4 heteroatoms. The van der Waals surface area contributed by atoms with Crippen molar-refractivity contribution < 1.29 is 0 Å². The maximum Gasteiger partial charge on any atom is 0.0710 e. The lowest BCUT2D eigenvalue weighted by atomic mass is 10.0. The average molecular weight is 254 g/mol. The fraction of sp³-hybridized carbons (Fsp3) is 0.333. The Morgan fingerprint density at radius 1 is 1.32 bits per heavy atom. The molecule has 0 aromatic carbocycles. The van der Waals surface area contributed by atoms with Gasteiger partial charge in [-0.2, -0.15) is 5.10 Å². The van der Waals surface area contributed by atoms with Gasteiger partial charge >= 0.3 is 0 Å². The van der Waals surface area contributed by atoms with Crippen molar-refractivity contribution in [2.75, 3.05) is 0 Å². The van der Waals surface area contributed by atoms with Crippen LogP contribution in [-0.4, -0.2) is 21.2 Å². The van der Waals surface area contributed by atoms with E-state index < -0.39 is 0 Å². The van der Waals surface area contributed by atoms with Crippen LogP contribution >= 0.6 is 0 Å². The topological polar surface area (TPSA) is 53.6 Å². The molecule has 0 radical (unpaired) electrons. The molecule has 0 spiro atoms. The molecule has 2 heterocycles. The van der Waals surface area contributed by atoms with Crippen LogP contribution in [0.1, 0.15) is 24.8 Å². The smallest absolute Gasteiger partial charge is 0.0710 e. The second-order valence-corrected chi connectivity index (χ2v) is 4.87. The highest BCUT2D eigenvalue weighted by molar-refractivity contribution is 5.61. The molecule has 2 aromatic rings. The first-order valence-corrected chi connectivity index (χ1v) is 6.74. The third-order valence-electron chi connectivity index (χ3n) is 3.52. The van der Waals surface area contributed by atoms with Crippen molar-refractivity contribution >= 4 is 0 Å². The third kappa shape index (κ3) is 2.90. The molecule has 0 bridgehead atoms. The standard InChI is InChI=1S/C15H18N4/c1-2-6-14(7-3-1)17-10-13-11-18-19-15(13)12-5-4-8-16-9-12/h1-2,4-5,8-9,11,14,17H,3,6-7,10H2,(H,18,19). The van der Waals surface area contributed by atoms with Crippen molar-refractivity contribution in [1.82, 2.24) is 20.5 Å². The van der Waals surface area contributed by atoms with Crippen LogP contribution in [0.4, 0.5) is 0 Å². The summed E-state index contributed by atoms with van der Waals surface area (Å²) in [5.41, 5.74) is 3.34. The van der Waals surface area contributed by atoms with Gasteiger partial charge in [0.15, 0.2) is 0 Å². The zero-order valence-corrected chi connectivity index (χ0v) is 10.8. The zero-order chi connectivity index (χ0) is 12.9. The second kappa shape index (κ2) is 5.80. The van der Waals surface area contributed by atoms with Crippen molar-refractivity contribution in [1.29, 1.82) is 0 Å². The van der Waals surface area contributed by atoms with Gasteiger partial charge in [-0.25, -0.2) is 0 Å². The number of hydrogen-bond donors (Lipinski definition) is 2. The maximum absolute atomic E-state index is 4.16. The Bertz CT molecular complexity index is 544. The Balaban J connectivity index is 1.69. The minimum atomic E-state index is 0.585. The van der Waals surface area contributed by atoms with Gasteiger partial charge in [0.1, 0.15) is 0 Å². The van der Waals surface area contributed by atoms with E-state index in [9.17, 15) is 0 Å². The monoisotopic (exact) mass is 254 g/mol. The predicted octanol–water partition coefficient (Wildman–Crippen LogP) is 2.67. The number of H-pyrrole nitrogens is 1. The molecule has 1 unspecified atom stereocenters. The van der Waals surface area contributed by atoms with Crippen LogP contribution in [0.5, 0.6) is 0 Å². The van der Waals surface area contributed by atoms with Crippen molar-refractivity contribution in [3.8, 4) is 11.3 Å². The number of allylic oxidation sites excluding steroid dienone is 1. The van der Waals surface area contributed by atoms with Gasteiger partial charge in [0.25, 0.3) is 0 Å². The van der Waals surface area contributed by atoms with E-state index in [4.69, 9.17) is 0 Å². The number of aromatic amines is 1. The Kier molecular flexibility index (Phi) is 3.70. The molecule has 19 heavy (non-hydrogen) atoms. The summed E-state index contributed by atoms with van der Waals surface area (Å²) in [5.74, 6) is 0. The summed E-state index contributed by atoms with van der Waals surface area (Å²) in [7, 11) is 0. The van der Waals surface area contributed by atoms with Crippen molar-refractivity contribution in [3.63, 3.8) is 0 Å². The van der Waals surface area contributed by atoms with E-state index in [1.54, 1.807) is 6.20 Å². The molecule has 1 aliphatic rings. The minimum Gasteiger partial charge on any atom is -0.309 e. The summed E-state index contributed by atoms with van der Waals surface area (Å²) in [6.45, 7) is 0.846. The Labute approximate surface area is 113 Å². The molecule has 2 N–H and O–H groups in total. The predicted molar refractivity (Wildman–Crippen MR) is 75.4 cm³/mol. The summed E-state index contributed by atoms with van der Waals surface area (Å²) in [6.07, 6.45) is 13.6. The van der Waals surface area contributed by atoms with Gasteiger partial charge in [0.2, 0.25) is 0 Å². The molecular weight excluding hydrogens is 236 g/mol. The lowest BCUT2D eigenvalue weighted by Gasteiger charge is -2.19. The first-order valence-electron chi connectivity index (χ1n) is 6.74. The fourth-order valence-corrected chi connectivity index (χ4v) is 2.44. The SMILES string of the molecule is C1=CCC(NCc2cn[nH]c2-c2cccnc2)CC1. The number of nitrogens with one attached hydrogen (secondary N) is 2. The largest absolute Gasteiger partial charge is 0.309 e. The van der Waals surface area contributed by atoms with E-state index in [1.165, 1.54) is 18.4 Å². The molecule has 0 saturated heterocycles. The van der Waals surface area contributed by atoms with Crippen LogP contribution in [0.15, 0.2) is 42.9 Å². The summed E-state index contributed by atoms with van der Waals surface area (Å²) in [6, 6.07) is 4.58. The molecule has 4 nitrogen and oxygen atoms in total. The second-order valence-electron chi connectivity index (χ2n) is 4.87. The van der Waals surface area contributed by atoms with Gasteiger partial charge in [-0.3, -0.25) is 10.1 Å². The van der Waals surface area contributed by atoms with Crippen LogP contribution in [0.3, 0.4) is 0 Å². The highest BCUT2D eigenvalue weighted by Crippen LogP contribution is 2.20. The van der Waals surface area contributed by atoms with E-state index in [2.05, 4.69) is 32.7 Å². The first kappa shape index (κ1) is 12.1. The average Bonchev–Trinajstić information content (AvgIpc) is 2.95. The molecule has 2 aromatic heterocycles. The number of nitrogens with zero attached hydrogens (tertiary/aromatic N) is 2. The van der Waals surface area contributed by atoms with E-state index >= 15 is 0 Å². The Hall–Kier alpha value is -1.94. The highest BCUT2D eigenvalue weighted by Gasteiger charge is 2.12. The van der Waals surface area contributed by atoms with Gasteiger partial charge in [-0.05, 0) is 31.4 Å². The van der Waals surface area contributed by atoms with Crippen LogP contribution in [-0.2, 0) is 6.54 Å². The van der Waals surface area contributed by atoms with Gasteiger partial charge < -0.3 is 5.32 Å². The molecular formula is C15H18N4. The summed E-state index contributed by atoms with van der Waals surface area (Å²) < 4.78 is 0. The van der Waals surface area contributed by atoms with Gasteiger partial charge in [0, 0.05) is 36.1 Å². The van der Waals surface area contributed by atoms with E-state index in [1.807, 2.05) is 24.5 Å². The van der Waals surface area contributed by atoms with Gasteiger partial charge in [-0.15, -0.1) is 0 Å². The lowest BCUT2D eigenvalue weighted by Crippen LogP contribution is -2.29. The van der Waals surface area contributed by atoms with Gasteiger partial charge in [0.05, 0.1) is 11.9 Å². The van der Waals surface area contributed by atoms with Crippen molar-refractivity contribution in [3.05, 3.63) is 48.4 Å². The van der Waals surface area contributed by atoms with E-state index in [0.717, 1.165) is 24.2 Å². The molecule has 0 fully saturated rings. The number of rotatable bonds is 4. The van der Waals surface area contributed by atoms with Crippen molar-refractivity contribution in [2.24, 2.45) is 0 Å². The zero-order valence-electron chi connectivity index (χ0n) is 10.8. The molecule has 1 aliphatic carbocycles. The van der Waals surface area contributed by atoms with E-state index in [-0.39, 0.29) is 0 Å². The normalized spacial score (nSPS) is 18.6. The maximum atomic E-state index is 4.16. The number of pyridine rings is 1. The molecule has 1 atom stereocenters. The number of aromatic nitrogens is 3. The van der Waals surface area contributed by atoms with Crippen LogP contribution < -0.4 is 5.32 Å². The molecule has 0 saturated carbocycles. The summed E-state index contributed by atoms with van der Waals surface area (Å²) in [5, 5.41) is 10.8. The third-order valence-corrected chi connectivity index (χ3v) is 3.52. The van der Waals surface area contributed by atoms with Gasteiger partial charge in [-0.1, -0.05) is 12.2 Å². The molecule has 0 amide bonds. The van der Waals surface area contributed by atoms with Crippen molar-refractivity contribution in [2.45, 2.75) is 31.8 Å². The molecule has 3 rings (SSSR count). The molecule has 98 valence electrons. The highest BCUT2D eigenvalue weighted by atomic mass is 15.1. The number of hydrogen-bond acceptors (Lipinski definition) is 3. The summed E-state index contributed by atoms with van der Waals surface area (Å²) in [4.78, 5) is 4.15. The summed E-state index contributed by atoms with van der Waals surface area (Å²) >= 11 is 0. The Morgan fingerprint density at radius 2 is 2.32 bits per heavy atom. The van der Waals surface area contributed by atoms with Crippen LogP contribution in [0, 0.1) is 0 Å². The fourth-order valence-electron chi connectivity index (χ4n) is 2.44. The lowest BCUT2D eigenvalue weighted by molar-refractivity contribution is 0.475. The Morgan fingerprint density at radius 3 is 3.11 bits per heavy atom. The first-order chi connectivity index (χ1) is 9.43.